The molecule has 3 aromatic rings. The first-order valence-corrected chi connectivity index (χ1v) is 13.0. The molecule has 0 atom stereocenters. The largest absolute Gasteiger partial charge is 0.332 e. The molecule has 0 aliphatic rings. The summed E-state index contributed by atoms with van der Waals surface area (Å²) >= 11 is 1.59. The van der Waals surface area contributed by atoms with Crippen molar-refractivity contribution in [3.63, 3.8) is 0 Å². The lowest BCUT2D eigenvalue weighted by Crippen LogP contribution is -2.43. The van der Waals surface area contributed by atoms with E-state index in [9.17, 15) is 13.2 Å². The van der Waals surface area contributed by atoms with Crippen LogP contribution in [0.2, 0.25) is 0 Å². The van der Waals surface area contributed by atoms with Crippen molar-refractivity contribution in [1.82, 2.24) is 9.21 Å². The van der Waals surface area contributed by atoms with E-state index in [2.05, 4.69) is 0 Å². The first-order chi connectivity index (χ1) is 15.3. The van der Waals surface area contributed by atoms with E-state index in [1.54, 1.807) is 40.5 Å². The van der Waals surface area contributed by atoms with Gasteiger partial charge in [0.15, 0.2) is 0 Å². The lowest BCUT2D eigenvalue weighted by atomic mass is 10.2. The fourth-order valence-corrected chi connectivity index (χ4v) is 5.66. The van der Waals surface area contributed by atoms with Crippen LogP contribution < -0.4 is 0 Å². The summed E-state index contributed by atoms with van der Waals surface area (Å²) in [6, 6.07) is 20.5. The number of nitrogens with zero attached hydrogens (tertiary/aromatic N) is 2. The monoisotopic (exact) mass is 470 g/mol. The second kappa shape index (κ2) is 10.9. The Morgan fingerprint density at radius 1 is 0.938 bits per heavy atom. The molecule has 0 aliphatic carbocycles. The molecular weight excluding hydrogens is 440 g/mol. The molecule has 1 amide bonds. The molecule has 7 heteroatoms. The molecule has 0 aliphatic heterocycles. The van der Waals surface area contributed by atoms with E-state index in [1.807, 2.05) is 68.6 Å². The summed E-state index contributed by atoms with van der Waals surface area (Å²) in [6.07, 6.45) is 0. The summed E-state index contributed by atoms with van der Waals surface area (Å²) < 4.78 is 28.1. The Labute approximate surface area is 195 Å². The summed E-state index contributed by atoms with van der Waals surface area (Å²) in [5, 5.41) is 1.98. The van der Waals surface area contributed by atoms with Gasteiger partial charge in [0.2, 0.25) is 15.9 Å². The van der Waals surface area contributed by atoms with Gasteiger partial charge in [-0.3, -0.25) is 4.79 Å². The molecular formula is C25H30N2O3S2. The zero-order valence-electron chi connectivity index (χ0n) is 18.8. The minimum atomic E-state index is -3.79. The Kier molecular flexibility index (Phi) is 8.23. The quantitative estimate of drug-likeness (QED) is 0.422. The molecule has 0 fully saturated rings. The van der Waals surface area contributed by atoms with Crippen LogP contribution in [-0.4, -0.2) is 36.6 Å². The van der Waals surface area contributed by atoms with E-state index in [0.29, 0.717) is 13.1 Å². The molecule has 1 aromatic heterocycles. The Morgan fingerprint density at radius 3 is 2.22 bits per heavy atom. The number of benzene rings is 2. The molecule has 0 radical (unpaired) electrons. The van der Waals surface area contributed by atoms with E-state index in [0.717, 1.165) is 16.0 Å². The number of carbonyl (C=O) groups excluding carboxylic acids is 1. The number of hydrogen-bond donors (Lipinski definition) is 0. The molecule has 0 N–H and O–H groups in total. The number of amides is 1. The predicted molar refractivity (Wildman–Crippen MR) is 130 cm³/mol. The fourth-order valence-electron chi connectivity index (χ4n) is 3.39. The van der Waals surface area contributed by atoms with Crippen LogP contribution in [0.3, 0.4) is 0 Å². The average molecular weight is 471 g/mol. The van der Waals surface area contributed by atoms with E-state index >= 15 is 0 Å². The van der Waals surface area contributed by atoms with Crippen LogP contribution in [0.15, 0.2) is 77.0 Å². The van der Waals surface area contributed by atoms with E-state index in [4.69, 9.17) is 0 Å². The van der Waals surface area contributed by atoms with E-state index in [-0.39, 0.29) is 29.8 Å². The molecule has 0 bridgehead atoms. The van der Waals surface area contributed by atoms with Crippen molar-refractivity contribution in [2.24, 2.45) is 5.92 Å². The number of carbonyl (C=O) groups is 1. The Morgan fingerprint density at radius 2 is 1.62 bits per heavy atom. The number of aryl methyl sites for hydroxylation is 1. The summed E-state index contributed by atoms with van der Waals surface area (Å²) in [7, 11) is -3.79. The number of thiophene rings is 1. The molecule has 0 saturated carbocycles. The number of sulfonamides is 1. The smallest absolute Gasteiger partial charge is 0.243 e. The zero-order valence-corrected chi connectivity index (χ0v) is 20.4. The van der Waals surface area contributed by atoms with Gasteiger partial charge in [0.1, 0.15) is 0 Å². The van der Waals surface area contributed by atoms with Crippen LogP contribution in [0.5, 0.6) is 0 Å². The molecule has 3 rings (SSSR count). The third kappa shape index (κ3) is 6.51. The van der Waals surface area contributed by atoms with Crippen molar-refractivity contribution in [3.8, 4) is 0 Å². The van der Waals surface area contributed by atoms with Crippen LogP contribution in [0, 0.1) is 12.8 Å². The highest BCUT2D eigenvalue weighted by Crippen LogP contribution is 2.20. The first kappa shape index (κ1) is 24.2. The summed E-state index contributed by atoms with van der Waals surface area (Å²) in [5.41, 5.74) is 2.00. The molecule has 0 spiro atoms. The van der Waals surface area contributed by atoms with Gasteiger partial charge < -0.3 is 4.90 Å². The van der Waals surface area contributed by atoms with Gasteiger partial charge in [0.25, 0.3) is 0 Å². The lowest BCUT2D eigenvalue weighted by molar-refractivity contribution is -0.132. The van der Waals surface area contributed by atoms with Crippen molar-refractivity contribution >= 4 is 27.3 Å². The minimum Gasteiger partial charge on any atom is -0.332 e. The van der Waals surface area contributed by atoms with Gasteiger partial charge in [-0.1, -0.05) is 67.9 Å². The highest BCUT2D eigenvalue weighted by atomic mass is 32.2. The molecule has 1 heterocycles. The molecule has 32 heavy (non-hydrogen) atoms. The molecule has 2 aromatic carbocycles. The maximum Gasteiger partial charge on any atom is 0.243 e. The second-order valence-corrected chi connectivity index (χ2v) is 11.3. The number of hydrogen-bond acceptors (Lipinski definition) is 4. The van der Waals surface area contributed by atoms with Gasteiger partial charge in [0, 0.05) is 18.0 Å². The Bertz CT molecular complexity index is 1090. The molecule has 170 valence electrons. The van der Waals surface area contributed by atoms with Gasteiger partial charge in [-0.25, -0.2) is 8.42 Å². The van der Waals surface area contributed by atoms with Gasteiger partial charge in [0.05, 0.1) is 18.0 Å². The maximum atomic E-state index is 13.4. The average Bonchev–Trinajstić information content (AvgIpc) is 3.26. The topological polar surface area (TPSA) is 57.7 Å². The van der Waals surface area contributed by atoms with Crippen molar-refractivity contribution in [2.75, 3.05) is 13.1 Å². The molecule has 5 nitrogen and oxygen atoms in total. The highest BCUT2D eigenvalue weighted by Gasteiger charge is 2.29. The molecule has 0 unspecified atom stereocenters. The van der Waals surface area contributed by atoms with E-state index in [1.165, 1.54) is 4.31 Å². The summed E-state index contributed by atoms with van der Waals surface area (Å²) in [6.45, 7) is 6.79. The maximum absolute atomic E-state index is 13.4. The normalized spacial score (nSPS) is 11.8. The summed E-state index contributed by atoms with van der Waals surface area (Å²) in [4.78, 5) is 16.4. The van der Waals surface area contributed by atoms with Crippen LogP contribution in [-0.2, 0) is 27.9 Å². The van der Waals surface area contributed by atoms with Crippen LogP contribution in [0.4, 0.5) is 0 Å². The van der Waals surface area contributed by atoms with Gasteiger partial charge in [-0.15, -0.1) is 11.3 Å². The van der Waals surface area contributed by atoms with Gasteiger partial charge in [-0.2, -0.15) is 4.31 Å². The van der Waals surface area contributed by atoms with Gasteiger partial charge >= 0.3 is 0 Å². The molecule has 0 saturated heterocycles. The minimum absolute atomic E-state index is 0.0860. The van der Waals surface area contributed by atoms with Crippen molar-refractivity contribution in [2.45, 2.75) is 38.8 Å². The van der Waals surface area contributed by atoms with Crippen molar-refractivity contribution in [3.05, 3.63) is 88.1 Å². The lowest BCUT2D eigenvalue weighted by Gasteiger charge is -2.28. The van der Waals surface area contributed by atoms with Crippen molar-refractivity contribution < 1.29 is 13.2 Å². The Balaban J connectivity index is 1.86. The Hall–Kier alpha value is -2.48. The standard InChI is InChI=1S/C25H30N2O3S2/c1-20(2)16-27(32(29,30)24-13-11-21(3)12-14-24)19-25(28)26(18-23-10-7-15-31-23)17-22-8-5-4-6-9-22/h4-15,20H,16-19H2,1-3H3. The fraction of sp³-hybridized carbons (Fsp3) is 0.320. The number of rotatable bonds is 10. The zero-order chi connectivity index (χ0) is 23.1. The predicted octanol–water partition coefficient (Wildman–Crippen LogP) is 4.93. The van der Waals surface area contributed by atoms with Gasteiger partial charge in [-0.05, 0) is 42.0 Å². The second-order valence-electron chi connectivity index (χ2n) is 8.32. The highest BCUT2D eigenvalue weighted by molar-refractivity contribution is 7.89. The van der Waals surface area contributed by atoms with Crippen LogP contribution in [0.1, 0.15) is 29.9 Å². The SMILES string of the molecule is Cc1ccc(S(=O)(=O)N(CC(=O)N(Cc2ccccc2)Cc2cccs2)CC(C)C)cc1. The van der Waals surface area contributed by atoms with Crippen LogP contribution >= 0.6 is 11.3 Å². The van der Waals surface area contributed by atoms with Crippen molar-refractivity contribution in [1.29, 1.82) is 0 Å². The third-order valence-electron chi connectivity index (χ3n) is 5.03. The summed E-state index contributed by atoms with van der Waals surface area (Å²) in [5.74, 6) is -0.124. The first-order valence-electron chi connectivity index (χ1n) is 10.7. The third-order valence-corrected chi connectivity index (χ3v) is 7.72. The van der Waals surface area contributed by atoms with E-state index < -0.39 is 10.0 Å². The van der Waals surface area contributed by atoms with Crippen LogP contribution in [0.25, 0.3) is 0 Å².